The zero-order chi connectivity index (χ0) is 13.9. The highest BCUT2D eigenvalue weighted by molar-refractivity contribution is 5.82. The van der Waals surface area contributed by atoms with Gasteiger partial charge in [0.25, 0.3) is 0 Å². The highest BCUT2D eigenvalue weighted by Gasteiger charge is 2.23. The van der Waals surface area contributed by atoms with Crippen LogP contribution in [0.4, 0.5) is 5.69 Å². The minimum absolute atomic E-state index is 0.207. The van der Waals surface area contributed by atoms with Gasteiger partial charge in [0.15, 0.2) is 0 Å². The molecule has 3 nitrogen and oxygen atoms in total. The van der Waals surface area contributed by atoms with Crippen molar-refractivity contribution in [2.45, 2.75) is 39.5 Å². The van der Waals surface area contributed by atoms with Crippen LogP contribution in [0.15, 0.2) is 24.3 Å². The predicted octanol–water partition coefficient (Wildman–Crippen LogP) is 3.18. The maximum Gasteiger partial charge on any atom is 0.0963 e. The van der Waals surface area contributed by atoms with Gasteiger partial charge in [0.05, 0.1) is 5.84 Å². The van der Waals surface area contributed by atoms with Gasteiger partial charge in [0, 0.05) is 24.2 Å². The van der Waals surface area contributed by atoms with Crippen LogP contribution < -0.4 is 10.6 Å². The van der Waals surface area contributed by atoms with Crippen molar-refractivity contribution in [1.82, 2.24) is 0 Å². The molecule has 0 bridgehead atoms. The van der Waals surface area contributed by atoms with Crippen LogP contribution in [0.2, 0.25) is 0 Å². The Morgan fingerprint density at radius 2 is 2.05 bits per heavy atom. The summed E-state index contributed by atoms with van der Waals surface area (Å²) in [6.45, 7) is 6.20. The first kappa shape index (κ1) is 13.9. The van der Waals surface area contributed by atoms with E-state index in [0.29, 0.717) is 0 Å². The third-order valence-corrected chi connectivity index (χ3v) is 4.19. The molecule has 0 fully saturated rings. The zero-order valence-corrected chi connectivity index (χ0v) is 12.1. The Balaban J connectivity index is 2.10. The molecule has 1 aromatic carbocycles. The van der Waals surface area contributed by atoms with E-state index in [-0.39, 0.29) is 11.3 Å². The van der Waals surface area contributed by atoms with Gasteiger partial charge in [-0.2, -0.15) is 0 Å². The molecule has 19 heavy (non-hydrogen) atoms. The third-order valence-electron chi connectivity index (χ3n) is 4.19. The van der Waals surface area contributed by atoms with E-state index < -0.39 is 0 Å². The van der Waals surface area contributed by atoms with Crippen molar-refractivity contribution < 1.29 is 0 Å². The summed E-state index contributed by atoms with van der Waals surface area (Å²) in [5, 5.41) is 7.66. The van der Waals surface area contributed by atoms with Crippen molar-refractivity contribution in [1.29, 1.82) is 5.41 Å². The lowest BCUT2D eigenvalue weighted by molar-refractivity contribution is 0.465. The van der Waals surface area contributed by atoms with Crippen molar-refractivity contribution in [3.63, 3.8) is 0 Å². The molecule has 1 aromatic rings. The van der Waals surface area contributed by atoms with Gasteiger partial charge in [0.2, 0.25) is 0 Å². The van der Waals surface area contributed by atoms with Crippen LogP contribution in [-0.2, 0) is 6.42 Å². The van der Waals surface area contributed by atoms with Gasteiger partial charge in [0.1, 0.15) is 0 Å². The van der Waals surface area contributed by atoms with Crippen LogP contribution >= 0.6 is 0 Å². The maximum atomic E-state index is 7.66. The summed E-state index contributed by atoms with van der Waals surface area (Å²) >= 11 is 0. The van der Waals surface area contributed by atoms with E-state index in [1.165, 1.54) is 30.5 Å². The van der Waals surface area contributed by atoms with Crippen molar-refractivity contribution >= 4 is 11.5 Å². The number of nitrogens with two attached hydrogens (primary N) is 1. The number of anilines is 1. The maximum absolute atomic E-state index is 7.66. The van der Waals surface area contributed by atoms with E-state index >= 15 is 0 Å². The molecule has 0 aliphatic carbocycles. The molecule has 0 amide bonds. The number of hydrogen-bond donors (Lipinski definition) is 2. The van der Waals surface area contributed by atoms with Gasteiger partial charge >= 0.3 is 0 Å². The minimum Gasteiger partial charge on any atom is -0.387 e. The molecule has 0 atom stereocenters. The van der Waals surface area contributed by atoms with Crippen LogP contribution in [0.5, 0.6) is 0 Å². The fraction of sp³-hybridized carbons (Fsp3) is 0.562. The van der Waals surface area contributed by atoms with Gasteiger partial charge in [-0.1, -0.05) is 32.0 Å². The van der Waals surface area contributed by atoms with E-state index in [9.17, 15) is 0 Å². The second-order valence-corrected chi connectivity index (χ2v) is 6.12. The summed E-state index contributed by atoms with van der Waals surface area (Å²) in [4.78, 5) is 2.47. The number of nitrogens with zero attached hydrogens (tertiary/aromatic N) is 1. The lowest BCUT2D eigenvalue weighted by Crippen LogP contribution is -2.36. The molecule has 0 saturated carbocycles. The molecule has 1 aliphatic rings. The normalized spacial score (nSPS) is 15.8. The van der Waals surface area contributed by atoms with E-state index in [0.717, 1.165) is 19.5 Å². The Labute approximate surface area is 116 Å². The fourth-order valence-corrected chi connectivity index (χ4v) is 2.55. The Morgan fingerprint density at radius 3 is 2.79 bits per heavy atom. The first-order valence-corrected chi connectivity index (χ1v) is 7.18. The van der Waals surface area contributed by atoms with Crippen molar-refractivity contribution in [3.8, 4) is 0 Å². The van der Waals surface area contributed by atoms with Crippen LogP contribution in [0.3, 0.4) is 0 Å². The molecule has 3 heteroatoms. The molecule has 0 spiro atoms. The standard InChI is InChI=1S/C16H25N3/c1-16(2,15(17)18)10-12-19-11-6-5-8-13-7-3-4-9-14(13)19/h3-4,7,9H,5-6,8,10-12H2,1-2H3,(H3,17,18). The van der Waals surface area contributed by atoms with E-state index in [1.54, 1.807) is 0 Å². The van der Waals surface area contributed by atoms with E-state index in [2.05, 4.69) is 43.0 Å². The van der Waals surface area contributed by atoms with Gasteiger partial charge in [-0.25, -0.2) is 0 Å². The summed E-state index contributed by atoms with van der Waals surface area (Å²) in [5.74, 6) is 0.288. The van der Waals surface area contributed by atoms with E-state index in [1.807, 2.05) is 0 Å². The molecule has 1 heterocycles. The lowest BCUT2D eigenvalue weighted by Gasteiger charge is -2.30. The highest BCUT2D eigenvalue weighted by atomic mass is 15.1. The number of benzene rings is 1. The lowest BCUT2D eigenvalue weighted by atomic mass is 9.88. The van der Waals surface area contributed by atoms with Crippen LogP contribution in [0.25, 0.3) is 0 Å². The molecule has 104 valence electrons. The molecule has 0 aromatic heterocycles. The van der Waals surface area contributed by atoms with Crippen molar-refractivity contribution in [2.24, 2.45) is 11.1 Å². The average Bonchev–Trinajstić information content (AvgIpc) is 2.58. The molecule has 1 aliphatic heterocycles. The SMILES string of the molecule is CC(C)(CCN1CCCCc2ccccc21)C(=N)N. The number of nitrogens with one attached hydrogen (secondary N) is 1. The van der Waals surface area contributed by atoms with Gasteiger partial charge < -0.3 is 10.6 Å². The van der Waals surface area contributed by atoms with Gasteiger partial charge in [-0.3, -0.25) is 5.41 Å². The van der Waals surface area contributed by atoms with Crippen LogP contribution in [-0.4, -0.2) is 18.9 Å². The Morgan fingerprint density at radius 1 is 1.32 bits per heavy atom. The quantitative estimate of drug-likeness (QED) is 0.644. The van der Waals surface area contributed by atoms with Crippen molar-refractivity contribution in [2.75, 3.05) is 18.0 Å². The van der Waals surface area contributed by atoms with Crippen LogP contribution in [0.1, 0.15) is 38.7 Å². The highest BCUT2D eigenvalue weighted by Crippen LogP contribution is 2.28. The van der Waals surface area contributed by atoms with Crippen LogP contribution in [0, 0.1) is 10.8 Å². The minimum atomic E-state index is -0.207. The summed E-state index contributed by atoms with van der Waals surface area (Å²) in [5.41, 5.74) is 8.30. The number of amidine groups is 1. The third kappa shape index (κ3) is 3.28. The summed E-state index contributed by atoms with van der Waals surface area (Å²) in [6.07, 6.45) is 4.62. The number of para-hydroxylation sites is 1. The number of rotatable bonds is 4. The number of aryl methyl sites for hydroxylation is 1. The second kappa shape index (κ2) is 5.64. The average molecular weight is 259 g/mol. The van der Waals surface area contributed by atoms with Gasteiger partial charge in [-0.05, 0) is 37.3 Å². The monoisotopic (exact) mass is 259 g/mol. The Bertz CT molecular complexity index is 451. The molecular weight excluding hydrogens is 234 g/mol. The summed E-state index contributed by atoms with van der Waals surface area (Å²) in [6, 6.07) is 8.71. The van der Waals surface area contributed by atoms with Crippen molar-refractivity contribution in [3.05, 3.63) is 29.8 Å². The topological polar surface area (TPSA) is 53.1 Å². The molecular formula is C16H25N3. The molecule has 0 saturated heterocycles. The Kier molecular flexibility index (Phi) is 4.13. The van der Waals surface area contributed by atoms with E-state index in [4.69, 9.17) is 11.1 Å². The zero-order valence-electron chi connectivity index (χ0n) is 12.1. The smallest absolute Gasteiger partial charge is 0.0963 e. The molecule has 0 unspecified atom stereocenters. The summed E-state index contributed by atoms with van der Waals surface area (Å²) in [7, 11) is 0. The number of fused-ring (bicyclic) bond motifs is 1. The first-order chi connectivity index (χ1) is 9.00. The number of hydrogen-bond acceptors (Lipinski definition) is 2. The Hall–Kier alpha value is -1.51. The largest absolute Gasteiger partial charge is 0.387 e. The first-order valence-electron chi connectivity index (χ1n) is 7.18. The molecule has 2 rings (SSSR count). The molecule has 3 N–H and O–H groups in total. The second-order valence-electron chi connectivity index (χ2n) is 6.12. The fourth-order valence-electron chi connectivity index (χ4n) is 2.55. The molecule has 0 radical (unpaired) electrons. The van der Waals surface area contributed by atoms with Gasteiger partial charge in [-0.15, -0.1) is 0 Å². The summed E-state index contributed by atoms with van der Waals surface area (Å²) < 4.78 is 0. The predicted molar refractivity (Wildman–Crippen MR) is 81.9 cm³/mol.